The van der Waals surface area contributed by atoms with Crippen LogP contribution in [0.15, 0.2) is 12.7 Å². The lowest BCUT2D eigenvalue weighted by Gasteiger charge is -2.19. The van der Waals surface area contributed by atoms with Crippen LogP contribution in [0, 0.1) is 0 Å². The number of cyclic esters (lactones) is 1. The molecule has 0 radical (unpaired) electrons. The molecule has 2 unspecified atom stereocenters. The fourth-order valence-electron chi connectivity index (χ4n) is 1.63. The SMILES string of the molecule is C=CC(I)C1CCCCCCC(=O)O1. The number of esters is 1. The standard InChI is InChI=1S/C11H17IO2/c1-2-9(12)10-7-5-3-4-6-8-11(13)14-10/h2,9-10H,1,3-8H2. The predicted molar refractivity (Wildman–Crippen MR) is 65.6 cm³/mol. The van der Waals surface area contributed by atoms with Crippen molar-refractivity contribution in [3.63, 3.8) is 0 Å². The first-order valence-corrected chi connectivity index (χ1v) is 6.44. The first-order valence-electron chi connectivity index (χ1n) is 5.20. The highest BCUT2D eigenvalue weighted by molar-refractivity contribution is 14.1. The Morgan fingerprint density at radius 2 is 2.14 bits per heavy atom. The molecule has 0 aromatic heterocycles. The van der Waals surface area contributed by atoms with E-state index in [-0.39, 0.29) is 16.0 Å². The zero-order valence-electron chi connectivity index (χ0n) is 8.38. The van der Waals surface area contributed by atoms with Crippen molar-refractivity contribution in [2.45, 2.75) is 48.6 Å². The van der Waals surface area contributed by atoms with E-state index in [0.717, 1.165) is 25.7 Å². The van der Waals surface area contributed by atoms with Gasteiger partial charge in [0.15, 0.2) is 0 Å². The number of carbonyl (C=O) groups excluding carboxylic acids is 1. The van der Waals surface area contributed by atoms with Gasteiger partial charge in [-0.2, -0.15) is 0 Å². The van der Waals surface area contributed by atoms with Crippen LogP contribution in [-0.4, -0.2) is 16.0 Å². The van der Waals surface area contributed by atoms with Crippen molar-refractivity contribution in [3.05, 3.63) is 12.7 Å². The second-order valence-electron chi connectivity index (χ2n) is 3.66. The quantitative estimate of drug-likeness (QED) is 0.339. The molecule has 2 nitrogen and oxygen atoms in total. The van der Waals surface area contributed by atoms with Crippen LogP contribution in [0.5, 0.6) is 0 Å². The van der Waals surface area contributed by atoms with Crippen molar-refractivity contribution in [2.75, 3.05) is 0 Å². The Morgan fingerprint density at radius 3 is 2.86 bits per heavy atom. The second-order valence-corrected chi connectivity index (χ2v) is 5.10. The average Bonchev–Trinajstić information content (AvgIpc) is 2.29. The maximum Gasteiger partial charge on any atom is 0.306 e. The van der Waals surface area contributed by atoms with Gasteiger partial charge in [-0.15, -0.1) is 6.58 Å². The molecule has 1 saturated heterocycles. The third-order valence-electron chi connectivity index (χ3n) is 2.48. The molecule has 2 atom stereocenters. The number of halogens is 1. The molecule has 1 aliphatic heterocycles. The first kappa shape index (κ1) is 12.0. The molecule has 0 aromatic carbocycles. The maximum atomic E-state index is 11.4. The number of ether oxygens (including phenoxy) is 1. The van der Waals surface area contributed by atoms with Crippen LogP contribution in [-0.2, 0) is 9.53 Å². The van der Waals surface area contributed by atoms with Gasteiger partial charge in [0.2, 0.25) is 0 Å². The van der Waals surface area contributed by atoms with Gasteiger partial charge in [0.1, 0.15) is 6.10 Å². The fraction of sp³-hybridized carbons (Fsp3) is 0.727. The van der Waals surface area contributed by atoms with E-state index in [2.05, 4.69) is 29.2 Å². The Labute approximate surface area is 99.2 Å². The van der Waals surface area contributed by atoms with E-state index >= 15 is 0 Å². The molecule has 1 aliphatic rings. The summed E-state index contributed by atoms with van der Waals surface area (Å²) >= 11 is 2.28. The lowest BCUT2D eigenvalue weighted by Crippen LogP contribution is -2.25. The molecule has 0 aliphatic carbocycles. The number of hydrogen-bond donors (Lipinski definition) is 0. The van der Waals surface area contributed by atoms with Gasteiger partial charge in [-0.25, -0.2) is 0 Å². The minimum atomic E-state index is -0.0413. The molecule has 1 fully saturated rings. The van der Waals surface area contributed by atoms with Crippen LogP contribution >= 0.6 is 22.6 Å². The minimum Gasteiger partial charge on any atom is -0.461 e. The number of hydrogen-bond acceptors (Lipinski definition) is 2. The van der Waals surface area contributed by atoms with Crippen molar-refractivity contribution < 1.29 is 9.53 Å². The Morgan fingerprint density at radius 1 is 1.43 bits per heavy atom. The zero-order chi connectivity index (χ0) is 10.4. The summed E-state index contributed by atoms with van der Waals surface area (Å²) in [7, 11) is 0. The third-order valence-corrected chi connectivity index (χ3v) is 3.79. The molecule has 1 rings (SSSR count). The highest BCUT2D eigenvalue weighted by Crippen LogP contribution is 2.21. The largest absolute Gasteiger partial charge is 0.461 e. The third kappa shape index (κ3) is 3.98. The molecule has 0 aromatic rings. The van der Waals surface area contributed by atoms with Crippen LogP contribution in [0.3, 0.4) is 0 Å². The number of carbonyl (C=O) groups is 1. The summed E-state index contributed by atoms with van der Waals surface area (Å²) in [6, 6.07) is 0. The summed E-state index contributed by atoms with van der Waals surface area (Å²) in [6.07, 6.45) is 7.96. The van der Waals surface area contributed by atoms with Gasteiger partial charge in [0.25, 0.3) is 0 Å². The van der Waals surface area contributed by atoms with Gasteiger partial charge >= 0.3 is 5.97 Å². The lowest BCUT2D eigenvalue weighted by molar-refractivity contribution is -0.148. The lowest BCUT2D eigenvalue weighted by atomic mass is 10.1. The summed E-state index contributed by atoms with van der Waals surface area (Å²) < 4.78 is 5.65. The van der Waals surface area contributed by atoms with E-state index in [0.29, 0.717) is 6.42 Å². The van der Waals surface area contributed by atoms with E-state index in [1.165, 1.54) is 6.42 Å². The summed E-state index contributed by atoms with van der Waals surface area (Å²) in [5.41, 5.74) is 0. The first-order chi connectivity index (χ1) is 6.74. The van der Waals surface area contributed by atoms with Gasteiger partial charge < -0.3 is 4.74 Å². The van der Waals surface area contributed by atoms with Crippen LogP contribution in [0.2, 0.25) is 0 Å². The van der Waals surface area contributed by atoms with Crippen LogP contribution in [0.4, 0.5) is 0 Å². The average molecular weight is 308 g/mol. The normalized spacial score (nSPS) is 26.6. The molecule has 0 amide bonds. The molecule has 0 spiro atoms. The Kier molecular flexibility index (Phi) is 5.52. The highest BCUT2D eigenvalue weighted by atomic mass is 127. The molecule has 0 saturated carbocycles. The molecule has 3 heteroatoms. The van der Waals surface area contributed by atoms with E-state index in [1.54, 1.807) is 0 Å². The van der Waals surface area contributed by atoms with Gasteiger partial charge in [-0.1, -0.05) is 41.5 Å². The summed E-state index contributed by atoms with van der Waals surface area (Å²) in [5.74, 6) is -0.0413. The van der Waals surface area contributed by atoms with E-state index in [9.17, 15) is 4.79 Å². The van der Waals surface area contributed by atoms with Crippen LogP contribution < -0.4 is 0 Å². The topological polar surface area (TPSA) is 26.3 Å². The van der Waals surface area contributed by atoms with Crippen LogP contribution in [0.25, 0.3) is 0 Å². The summed E-state index contributed by atoms with van der Waals surface area (Å²) in [5, 5.41) is 0. The van der Waals surface area contributed by atoms with E-state index in [4.69, 9.17) is 4.74 Å². The smallest absolute Gasteiger partial charge is 0.306 e. The molecule has 1 heterocycles. The highest BCUT2D eigenvalue weighted by Gasteiger charge is 2.21. The Hall–Kier alpha value is -0.0600. The Balaban J connectivity index is 2.52. The monoisotopic (exact) mass is 308 g/mol. The number of rotatable bonds is 2. The number of alkyl halides is 1. The molecular formula is C11H17IO2. The Bertz CT molecular complexity index is 203. The molecule has 0 N–H and O–H groups in total. The van der Waals surface area contributed by atoms with Gasteiger partial charge in [-0.3, -0.25) is 4.79 Å². The molecule has 80 valence electrons. The van der Waals surface area contributed by atoms with Gasteiger partial charge in [0, 0.05) is 6.42 Å². The van der Waals surface area contributed by atoms with Gasteiger partial charge in [-0.05, 0) is 19.3 Å². The van der Waals surface area contributed by atoms with Crippen LogP contribution in [0.1, 0.15) is 38.5 Å². The maximum absolute atomic E-state index is 11.4. The fourth-order valence-corrected chi connectivity index (χ4v) is 2.14. The molecular weight excluding hydrogens is 291 g/mol. The van der Waals surface area contributed by atoms with Crippen molar-refractivity contribution in [2.24, 2.45) is 0 Å². The second kappa shape index (κ2) is 6.43. The zero-order valence-corrected chi connectivity index (χ0v) is 10.5. The van der Waals surface area contributed by atoms with Crippen molar-refractivity contribution in [1.29, 1.82) is 0 Å². The van der Waals surface area contributed by atoms with Crippen molar-refractivity contribution >= 4 is 28.6 Å². The van der Waals surface area contributed by atoms with Crippen molar-refractivity contribution in [1.82, 2.24) is 0 Å². The molecule has 0 bridgehead atoms. The van der Waals surface area contributed by atoms with Crippen molar-refractivity contribution in [3.8, 4) is 0 Å². The minimum absolute atomic E-state index is 0.0405. The van der Waals surface area contributed by atoms with E-state index in [1.807, 2.05) is 6.08 Å². The summed E-state index contributed by atoms with van der Waals surface area (Å²) in [4.78, 5) is 11.4. The molecule has 14 heavy (non-hydrogen) atoms. The van der Waals surface area contributed by atoms with Gasteiger partial charge in [0.05, 0.1) is 3.92 Å². The van der Waals surface area contributed by atoms with E-state index < -0.39 is 0 Å². The predicted octanol–water partition coefficient (Wildman–Crippen LogP) is 3.24. The summed E-state index contributed by atoms with van der Waals surface area (Å²) in [6.45, 7) is 3.74.